The fraction of sp³-hybridized carbons (Fsp3) is 0.267. The third kappa shape index (κ3) is 3.85. The molecule has 1 atom stereocenters. The summed E-state index contributed by atoms with van der Waals surface area (Å²) >= 11 is 0. The number of hydrogen-bond acceptors (Lipinski definition) is 3. The third-order valence-electron chi connectivity index (χ3n) is 2.99. The lowest BCUT2D eigenvalue weighted by Crippen LogP contribution is -2.35. The van der Waals surface area contributed by atoms with Crippen LogP contribution in [-0.4, -0.2) is 17.9 Å². The van der Waals surface area contributed by atoms with E-state index in [1.807, 2.05) is 49.4 Å². The predicted octanol–water partition coefficient (Wildman–Crippen LogP) is 2.67. The molecule has 1 unspecified atom stereocenters. The zero-order valence-electron chi connectivity index (χ0n) is 11.6. The molecule has 2 aromatic rings. The molecule has 0 saturated carbocycles. The molecule has 1 amide bonds. The second-order valence-corrected chi connectivity index (χ2v) is 4.60. The maximum Gasteiger partial charge on any atom is 0.244 e. The first-order chi connectivity index (χ1) is 9.08. The lowest BCUT2D eigenvalue weighted by molar-refractivity contribution is -0.132. The number of carbonyl (C=O) groups excluding carboxylic acids is 1. The third-order valence-corrected chi connectivity index (χ3v) is 2.99. The van der Waals surface area contributed by atoms with Gasteiger partial charge in [0.2, 0.25) is 5.91 Å². The highest BCUT2D eigenvalue weighted by atomic mass is 35.5. The maximum absolute atomic E-state index is 12.2. The van der Waals surface area contributed by atoms with Gasteiger partial charge in [0.15, 0.2) is 0 Å². The summed E-state index contributed by atoms with van der Waals surface area (Å²) < 4.78 is 5.46. The van der Waals surface area contributed by atoms with Crippen molar-refractivity contribution < 1.29 is 9.21 Å². The molecule has 0 bridgehead atoms. The van der Waals surface area contributed by atoms with Crippen LogP contribution in [0.3, 0.4) is 0 Å². The molecule has 5 heteroatoms. The van der Waals surface area contributed by atoms with Crippen molar-refractivity contribution in [1.29, 1.82) is 0 Å². The molecule has 0 aliphatic carbocycles. The first-order valence-corrected chi connectivity index (χ1v) is 6.19. The molecule has 0 fully saturated rings. The normalized spacial score (nSPS) is 11.6. The summed E-state index contributed by atoms with van der Waals surface area (Å²) in [5.74, 6) is 1.47. The van der Waals surface area contributed by atoms with Crippen LogP contribution in [0.25, 0.3) is 0 Å². The van der Waals surface area contributed by atoms with Gasteiger partial charge in [0.25, 0.3) is 0 Å². The van der Waals surface area contributed by atoms with Crippen LogP contribution < -0.4 is 5.73 Å². The van der Waals surface area contributed by atoms with E-state index in [-0.39, 0.29) is 18.3 Å². The Morgan fingerprint density at radius 1 is 1.25 bits per heavy atom. The van der Waals surface area contributed by atoms with Gasteiger partial charge in [-0.2, -0.15) is 0 Å². The average molecular weight is 295 g/mol. The van der Waals surface area contributed by atoms with Gasteiger partial charge in [-0.05, 0) is 24.6 Å². The number of benzene rings is 1. The highest BCUT2D eigenvalue weighted by Gasteiger charge is 2.20. The maximum atomic E-state index is 12.2. The van der Waals surface area contributed by atoms with Gasteiger partial charge in [-0.1, -0.05) is 30.3 Å². The van der Waals surface area contributed by atoms with Crippen molar-refractivity contribution in [2.24, 2.45) is 5.73 Å². The van der Waals surface area contributed by atoms with Crippen molar-refractivity contribution in [3.63, 3.8) is 0 Å². The highest BCUT2D eigenvalue weighted by Crippen LogP contribution is 2.15. The summed E-state index contributed by atoms with van der Waals surface area (Å²) in [7, 11) is 1.73. The van der Waals surface area contributed by atoms with Crippen LogP contribution >= 0.6 is 12.4 Å². The largest absolute Gasteiger partial charge is 0.464 e. The molecule has 0 aliphatic rings. The summed E-state index contributed by atoms with van der Waals surface area (Å²) in [6.07, 6.45) is 0. The summed E-state index contributed by atoms with van der Waals surface area (Å²) in [5.41, 5.74) is 6.79. The van der Waals surface area contributed by atoms with E-state index >= 15 is 0 Å². The standard InChI is InChI=1S/C15H18N2O2.ClH/c1-11-8-9-13(19-11)10-17(2)15(18)14(16)12-6-4-3-5-7-12;/h3-9,14H,10,16H2,1-2H3;1H. The molecule has 2 rings (SSSR count). The fourth-order valence-corrected chi connectivity index (χ4v) is 1.92. The van der Waals surface area contributed by atoms with Gasteiger partial charge < -0.3 is 15.1 Å². The lowest BCUT2D eigenvalue weighted by Gasteiger charge is -2.20. The number of nitrogens with zero attached hydrogens (tertiary/aromatic N) is 1. The number of amides is 1. The van der Waals surface area contributed by atoms with Crippen LogP contribution in [0.5, 0.6) is 0 Å². The van der Waals surface area contributed by atoms with Crippen LogP contribution in [0.4, 0.5) is 0 Å². The van der Waals surface area contributed by atoms with Crippen molar-refractivity contribution in [3.8, 4) is 0 Å². The molecule has 0 radical (unpaired) electrons. The zero-order valence-corrected chi connectivity index (χ0v) is 12.4. The number of furan rings is 1. The minimum Gasteiger partial charge on any atom is -0.464 e. The van der Waals surface area contributed by atoms with Crippen molar-refractivity contribution in [2.45, 2.75) is 19.5 Å². The van der Waals surface area contributed by atoms with E-state index in [1.54, 1.807) is 11.9 Å². The Kier molecular flexibility index (Phi) is 5.80. The number of likely N-dealkylation sites (N-methyl/N-ethyl adjacent to an activating group) is 1. The van der Waals surface area contributed by atoms with Gasteiger partial charge in [0, 0.05) is 7.05 Å². The number of halogens is 1. The van der Waals surface area contributed by atoms with Gasteiger partial charge in [-0.15, -0.1) is 12.4 Å². The Balaban J connectivity index is 0.00000200. The monoisotopic (exact) mass is 294 g/mol. The number of rotatable bonds is 4. The van der Waals surface area contributed by atoms with Crippen molar-refractivity contribution in [1.82, 2.24) is 4.90 Å². The van der Waals surface area contributed by atoms with Crippen LogP contribution in [-0.2, 0) is 11.3 Å². The number of hydrogen-bond donors (Lipinski definition) is 1. The van der Waals surface area contributed by atoms with Crippen molar-refractivity contribution in [3.05, 3.63) is 59.5 Å². The van der Waals surface area contributed by atoms with E-state index in [0.29, 0.717) is 6.54 Å². The Morgan fingerprint density at radius 3 is 2.45 bits per heavy atom. The molecule has 1 aromatic heterocycles. The number of nitrogens with two attached hydrogens (primary N) is 1. The first kappa shape index (κ1) is 16.3. The smallest absolute Gasteiger partial charge is 0.244 e. The lowest BCUT2D eigenvalue weighted by atomic mass is 10.1. The summed E-state index contributed by atoms with van der Waals surface area (Å²) in [5, 5.41) is 0. The summed E-state index contributed by atoms with van der Waals surface area (Å²) in [6, 6.07) is 12.5. The Morgan fingerprint density at radius 2 is 1.90 bits per heavy atom. The van der Waals surface area contributed by atoms with Crippen molar-refractivity contribution in [2.75, 3.05) is 7.05 Å². The molecule has 20 heavy (non-hydrogen) atoms. The summed E-state index contributed by atoms with van der Waals surface area (Å²) in [6.45, 7) is 2.30. The quantitative estimate of drug-likeness (QED) is 0.943. The highest BCUT2D eigenvalue weighted by molar-refractivity contribution is 5.85. The predicted molar refractivity (Wildman–Crippen MR) is 80.5 cm³/mol. The Hall–Kier alpha value is -1.78. The van der Waals surface area contributed by atoms with Gasteiger partial charge >= 0.3 is 0 Å². The molecule has 1 aromatic carbocycles. The van der Waals surface area contributed by atoms with E-state index in [4.69, 9.17) is 10.2 Å². The Labute approximate surface area is 125 Å². The average Bonchev–Trinajstić information content (AvgIpc) is 2.83. The number of aryl methyl sites for hydroxylation is 1. The number of carbonyl (C=O) groups is 1. The van der Waals surface area contributed by atoms with E-state index in [9.17, 15) is 4.79 Å². The molecule has 0 aliphatic heterocycles. The molecule has 0 spiro atoms. The second-order valence-electron chi connectivity index (χ2n) is 4.60. The second kappa shape index (κ2) is 7.12. The van der Waals surface area contributed by atoms with Gasteiger partial charge in [-0.3, -0.25) is 4.79 Å². The molecular weight excluding hydrogens is 276 g/mol. The first-order valence-electron chi connectivity index (χ1n) is 6.19. The molecule has 0 saturated heterocycles. The molecule has 2 N–H and O–H groups in total. The van der Waals surface area contributed by atoms with Crippen molar-refractivity contribution >= 4 is 18.3 Å². The van der Waals surface area contributed by atoms with Crippen LogP contribution in [0.15, 0.2) is 46.9 Å². The molecular formula is C15H19ClN2O2. The topological polar surface area (TPSA) is 59.5 Å². The van der Waals surface area contributed by atoms with E-state index < -0.39 is 6.04 Å². The van der Waals surface area contributed by atoms with Crippen LogP contribution in [0.1, 0.15) is 23.1 Å². The molecule has 108 valence electrons. The minimum absolute atomic E-state index is 0. The SMILES string of the molecule is Cc1ccc(CN(C)C(=O)C(N)c2ccccc2)o1.Cl. The van der Waals surface area contributed by atoms with Crippen LogP contribution in [0, 0.1) is 6.92 Å². The van der Waals surface area contributed by atoms with E-state index in [2.05, 4.69) is 0 Å². The van der Waals surface area contributed by atoms with Gasteiger partial charge in [0.1, 0.15) is 17.6 Å². The molecule has 4 nitrogen and oxygen atoms in total. The van der Waals surface area contributed by atoms with E-state index in [0.717, 1.165) is 17.1 Å². The summed E-state index contributed by atoms with van der Waals surface area (Å²) in [4.78, 5) is 13.8. The molecule has 1 heterocycles. The minimum atomic E-state index is -0.637. The van der Waals surface area contributed by atoms with Crippen LogP contribution in [0.2, 0.25) is 0 Å². The van der Waals surface area contributed by atoms with Gasteiger partial charge in [0.05, 0.1) is 6.54 Å². The van der Waals surface area contributed by atoms with E-state index in [1.165, 1.54) is 0 Å². The fourth-order valence-electron chi connectivity index (χ4n) is 1.92. The Bertz CT molecular complexity index is 554. The van der Waals surface area contributed by atoms with Gasteiger partial charge in [-0.25, -0.2) is 0 Å². The zero-order chi connectivity index (χ0) is 13.8.